The Balaban J connectivity index is 1.87. The first-order valence-corrected chi connectivity index (χ1v) is 8.31. The fraction of sp³-hybridized carbons (Fsp3) is 0.316. The van der Waals surface area contributed by atoms with Crippen LogP contribution in [0.15, 0.2) is 40.8 Å². The molecule has 0 saturated heterocycles. The van der Waals surface area contributed by atoms with Crippen molar-refractivity contribution in [3.63, 3.8) is 0 Å². The number of nitrogens with two attached hydrogens (primary N) is 1. The first-order valence-electron chi connectivity index (χ1n) is 7.94. The predicted molar refractivity (Wildman–Crippen MR) is 97.2 cm³/mol. The van der Waals surface area contributed by atoms with E-state index in [0.29, 0.717) is 17.3 Å². The second-order valence-electron chi connectivity index (χ2n) is 6.60. The molecule has 0 saturated carbocycles. The number of benzene rings is 2. The van der Waals surface area contributed by atoms with E-state index in [1.54, 1.807) is 0 Å². The van der Waals surface area contributed by atoms with Crippen molar-refractivity contribution in [3.05, 3.63) is 52.5 Å². The molecule has 1 heterocycles. The van der Waals surface area contributed by atoms with Crippen LogP contribution in [0.3, 0.4) is 0 Å². The third-order valence-electron chi connectivity index (χ3n) is 4.22. The van der Waals surface area contributed by atoms with Crippen LogP contribution in [0.2, 0.25) is 5.02 Å². The molecule has 0 aliphatic heterocycles. The lowest BCUT2D eigenvalue weighted by Gasteiger charge is -2.21. The molecular formula is C19H21ClN2O2. The van der Waals surface area contributed by atoms with Gasteiger partial charge in [-0.2, -0.15) is 0 Å². The maximum Gasteiger partial charge on any atom is 0.227 e. The number of hydrogen-bond donors (Lipinski definition) is 2. The van der Waals surface area contributed by atoms with Crippen molar-refractivity contribution >= 4 is 22.7 Å². The largest absolute Gasteiger partial charge is 0.436 e. The second-order valence-corrected chi connectivity index (χ2v) is 7.00. The lowest BCUT2D eigenvalue weighted by atomic mass is 9.95. The number of aliphatic hydroxyl groups excluding tert-OH is 1. The zero-order valence-electron chi connectivity index (χ0n) is 13.8. The number of fused-ring (bicyclic) bond motifs is 1. The zero-order chi connectivity index (χ0) is 17.3. The Hall–Kier alpha value is -1.88. The summed E-state index contributed by atoms with van der Waals surface area (Å²) >= 11 is 6.18. The number of rotatable bonds is 5. The molecule has 0 spiro atoms. The van der Waals surface area contributed by atoms with Gasteiger partial charge in [0.2, 0.25) is 5.89 Å². The molecular weight excluding hydrogens is 324 g/mol. The highest BCUT2D eigenvalue weighted by Gasteiger charge is 2.17. The Morgan fingerprint density at radius 2 is 2.04 bits per heavy atom. The van der Waals surface area contributed by atoms with Crippen LogP contribution in [-0.2, 0) is 6.42 Å². The number of aryl methyl sites for hydroxylation is 2. The average molecular weight is 345 g/mol. The van der Waals surface area contributed by atoms with Gasteiger partial charge < -0.3 is 15.3 Å². The minimum Gasteiger partial charge on any atom is -0.436 e. The molecule has 1 aromatic heterocycles. The number of hydrogen-bond acceptors (Lipinski definition) is 4. The van der Waals surface area contributed by atoms with E-state index in [-0.39, 0.29) is 6.61 Å². The first kappa shape index (κ1) is 17.0. The maximum absolute atomic E-state index is 9.25. The third-order valence-corrected chi connectivity index (χ3v) is 4.62. The molecule has 4 nitrogen and oxygen atoms in total. The Morgan fingerprint density at radius 1 is 1.25 bits per heavy atom. The van der Waals surface area contributed by atoms with E-state index < -0.39 is 5.54 Å². The lowest BCUT2D eigenvalue weighted by molar-refractivity contribution is 0.200. The lowest BCUT2D eigenvalue weighted by Crippen LogP contribution is -2.40. The molecule has 0 unspecified atom stereocenters. The third kappa shape index (κ3) is 3.61. The summed E-state index contributed by atoms with van der Waals surface area (Å²) in [6.07, 6.45) is 1.48. The van der Waals surface area contributed by atoms with Crippen molar-refractivity contribution in [2.24, 2.45) is 5.73 Å². The summed E-state index contributed by atoms with van der Waals surface area (Å²) in [4.78, 5) is 4.57. The van der Waals surface area contributed by atoms with Crippen molar-refractivity contribution in [3.8, 4) is 11.5 Å². The van der Waals surface area contributed by atoms with Crippen LogP contribution in [0, 0.1) is 6.92 Å². The number of aromatic nitrogens is 1. The fourth-order valence-electron chi connectivity index (χ4n) is 2.49. The van der Waals surface area contributed by atoms with Crippen LogP contribution in [0.1, 0.15) is 24.5 Å². The summed E-state index contributed by atoms with van der Waals surface area (Å²) in [6, 6.07) is 11.7. The van der Waals surface area contributed by atoms with Crippen LogP contribution < -0.4 is 5.73 Å². The standard InChI is InChI=1S/C19H21ClN2O2/c1-12-3-5-14(10-15(12)20)18-22-16-9-13(4-6-17(16)24-18)7-8-19(2,21)11-23/h3-6,9-10,23H,7-8,11,21H2,1-2H3/t19-/m1/s1. The van der Waals surface area contributed by atoms with Crippen molar-refractivity contribution in [2.75, 3.05) is 6.61 Å². The normalized spacial score (nSPS) is 14.0. The number of aliphatic hydroxyl groups is 1. The van der Waals surface area contributed by atoms with Gasteiger partial charge in [0.25, 0.3) is 0 Å². The van der Waals surface area contributed by atoms with Gasteiger partial charge in [-0.25, -0.2) is 4.98 Å². The maximum atomic E-state index is 9.25. The molecule has 0 aliphatic carbocycles. The van der Waals surface area contributed by atoms with Crippen molar-refractivity contribution in [1.29, 1.82) is 0 Å². The summed E-state index contributed by atoms with van der Waals surface area (Å²) in [6.45, 7) is 3.78. The van der Waals surface area contributed by atoms with Gasteiger partial charge in [-0.3, -0.25) is 0 Å². The highest BCUT2D eigenvalue weighted by atomic mass is 35.5. The quantitative estimate of drug-likeness (QED) is 0.731. The highest BCUT2D eigenvalue weighted by Crippen LogP contribution is 2.28. The molecule has 0 aliphatic rings. The number of halogens is 1. The molecule has 0 bridgehead atoms. The molecule has 0 amide bonds. The van der Waals surface area contributed by atoms with Crippen LogP contribution >= 0.6 is 11.6 Å². The van der Waals surface area contributed by atoms with Crippen LogP contribution in [0.5, 0.6) is 0 Å². The van der Waals surface area contributed by atoms with E-state index in [1.807, 2.05) is 50.2 Å². The summed E-state index contributed by atoms with van der Waals surface area (Å²) in [5.74, 6) is 0.558. The van der Waals surface area contributed by atoms with Gasteiger partial charge in [0.05, 0.1) is 6.61 Å². The molecule has 126 valence electrons. The van der Waals surface area contributed by atoms with Crippen LogP contribution in [0.4, 0.5) is 0 Å². The molecule has 3 rings (SSSR count). The molecule has 0 fully saturated rings. The van der Waals surface area contributed by atoms with Gasteiger partial charge in [-0.1, -0.05) is 23.7 Å². The Morgan fingerprint density at radius 3 is 2.75 bits per heavy atom. The SMILES string of the molecule is Cc1ccc(-c2nc3cc(CC[C@@](C)(N)CO)ccc3o2)cc1Cl. The second kappa shape index (κ2) is 6.55. The van der Waals surface area contributed by atoms with E-state index in [0.717, 1.165) is 34.2 Å². The van der Waals surface area contributed by atoms with Gasteiger partial charge in [0.1, 0.15) is 5.52 Å². The molecule has 3 N–H and O–H groups in total. The summed E-state index contributed by atoms with van der Waals surface area (Å²) in [5, 5.41) is 9.95. The topological polar surface area (TPSA) is 72.3 Å². The Labute approximate surface area is 146 Å². The molecule has 2 aromatic carbocycles. The van der Waals surface area contributed by atoms with Crippen molar-refractivity contribution in [2.45, 2.75) is 32.2 Å². The van der Waals surface area contributed by atoms with Crippen LogP contribution in [-0.4, -0.2) is 22.2 Å². The fourth-order valence-corrected chi connectivity index (χ4v) is 2.67. The summed E-state index contributed by atoms with van der Waals surface area (Å²) in [7, 11) is 0. The van der Waals surface area contributed by atoms with E-state index in [1.165, 1.54) is 0 Å². The van der Waals surface area contributed by atoms with Gasteiger partial charge in [-0.05, 0) is 62.1 Å². The highest BCUT2D eigenvalue weighted by molar-refractivity contribution is 6.31. The van der Waals surface area contributed by atoms with E-state index in [2.05, 4.69) is 4.98 Å². The molecule has 1 atom stereocenters. The Bertz CT molecular complexity index is 871. The monoisotopic (exact) mass is 344 g/mol. The molecule has 0 radical (unpaired) electrons. The van der Waals surface area contributed by atoms with Gasteiger partial charge in [0.15, 0.2) is 5.58 Å². The molecule has 24 heavy (non-hydrogen) atoms. The minimum atomic E-state index is -0.567. The summed E-state index contributed by atoms with van der Waals surface area (Å²) < 4.78 is 5.84. The molecule has 3 aromatic rings. The zero-order valence-corrected chi connectivity index (χ0v) is 14.6. The van der Waals surface area contributed by atoms with Gasteiger partial charge >= 0.3 is 0 Å². The minimum absolute atomic E-state index is 0.0302. The first-order chi connectivity index (χ1) is 11.4. The smallest absolute Gasteiger partial charge is 0.227 e. The predicted octanol–water partition coefficient (Wildman–Crippen LogP) is 4.10. The van der Waals surface area contributed by atoms with E-state index in [4.69, 9.17) is 21.8 Å². The number of nitrogens with zero attached hydrogens (tertiary/aromatic N) is 1. The van der Waals surface area contributed by atoms with Crippen LogP contribution in [0.25, 0.3) is 22.6 Å². The summed E-state index contributed by atoms with van der Waals surface area (Å²) in [5.41, 5.74) is 9.97. The molecule has 5 heteroatoms. The van der Waals surface area contributed by atoms with Crippen molar-refractivity contribution < 1.29 is 9.52 Å². The van der Waals surface area contributed by atoms with E-state index >= 15 is 0 Å². The van der Waals surface area contributed by atoms with Crippen molar-refractivity contribution in [1.82, 2.24) is 4.98 Å². The van der Waals surface area contributed by atoms with E-state index in [9.17, 15) is 5.11 Å². The van der Waals surface area contributed by atoms with Gasteiger partial charge in [-0.15, -0.1) is 0 Å². The number of oxazole rings is 1. The average Bonchev–Trinajstić information content (AvgIpc) is 2.99. The van der Waals surface area contributed by atoms with Gasteiger partial charge in [0, 0.05) is 16.1 Å². The Kier molecular flexibility index (Phi) is 4.63.